The van der Waals surface area contributed by atoms with Crippen LogP contribution < -0.4 is 0 Å². The number of carbonyl (C=O) groups is 1. The number of hydrogen-bond donors (Lipinski definition) is 2. The van der Waals surface area contributed by atoms with Gasteiger partial charge in [0.1, 0.15) is 10.7 Å². The summed E-state index contributed by atoms with van der Waals surface area (Å²) in [4.78, 5) is 13.0. The minimum absolute atomic E-state index is 0.0188. The number of aromatic nitrogens is 1. The number of hydrogen-bond acceptors (Lipinski definition) is 3. The molecule has 2 aromatic rings. The van der Waals surface area contributed by atoms with Crippen molar-refractivity contribution in [1.82, 2.24) is 9.29 Å². The van der Waals surface area contributed by atoms with Crippen LogP contribution in [0, 0.1) is 5.82 Å². The first-order valence-corrected chi connectivity index (χ1v) is 7.22. The van der Waals surface area contributed by atoms with Crippen LogP contribution in [0.1, 0.15) is 6.42 Å². The van der Waals surface area contributed by atoms with E-state index in [2.05, 4.69) is 4.98 Å². The standard InChI is InChI=1S/C12H13FN2O4S/c1-15(6-5-11(16)17)20(18,19)10-7-14-9-4-2-3-8(13)12(9)10/h2-4,7,14H,5-6H2,1H3,(H,16,17). The van der Waals surface area contributed by atoms with Gasteiger partial charge in [0.05, 0.1) is 11.8 Å². The number of carboxylic acids is 1. The van der Waals surface area contributed by atoms with E-state index in [1.165, 1.54) is 25.4 Å². The van der Waals surface area contributed by atoms with Gasteiger partial charge < -0.3 is 10.1 Å². The summed E-state index contributed by atoms with van der Waals surface area (Å²) in [6.45, 7) is -0.182. The molecule has 0 aliphatic rings. The number of nitrogens with one attached hydrogen (secondary N) is 1. The fourth-order valence-corrected chi connectivity index (χ4v) is 3.20. The van der Waals surface area contributed by atoms with Crippen molar-refractivity contribution in [1.29, 1.82) is 0 Å². The predicted octanol–water partition coefficient (Wildman–Crippen LogP) is 1.40. The van der Waals surface area contributed by atoms with E-state index < -0.39 is 21.8 Å². The Morgan fingerprint density at radius 2 is 2.15 bits per heavy atom. The first-order chi connectivity index (χ1) is 9.34. The average Bonchev–Trinajstić information content (AvgIpc) is 2.81. The van der Waals surface area contributed by atoms with Crippen LogP contribution in [0.5, 0.6) is 0 Å². The Labute approximate surface area is 114 Å². The third-order valence-corrected chi connectivity index (χ3v) is 4.83. The van der Waals surface area contributed by atoms with Crippen molar-refractivity contribution in [2.75, 3.05) is 13.6 Å². The zero-order chi connectivity index (χ0) is 14.9. The molecule has 20 heavy (non-hydrogen) atoms. The summed E-state index contributed by atoms with van der Waals surface area (Å²) in [5.41, 5.74) is 0.371. The predicted molar refractivity (Wildman–Crippen MR) is 70.3 cm³/mol. The number of H-pyrrole nitrogens is 1. The smallest absolute Gasteiger partial charge is 0.304 e. The maximum absolute atomic E-state index is 13.8. The van der Waals surface area contributed by atoms with Crippen LogP contribution >= 0.6 is 0 Å². The summed E-state index contributed by atoms with van der Waals surface area (Å²) >= 11 is 0. The number of nitrogens with zero attached hydrogens (tertiary/aromatic N) is 1. The van der Waals surface area contributed by atoms with Gasteiger partial charge in [-0.2, -0.15) is 0 Å². The molecule has 2 rings (SSSR count). The minimum Gasteiger partial charge on any atom is -0.481 e. The molecular weight excluding hydrogens is 287 g/mol. The third-order valence-electron chi connectivity index (χ3n) is 2.95. The van der Waals surface area contributed by atoms with Crippen molar-refractivity contribution in [2.24, 2.45) is 0 Å². The highest BCUT2D eigenvalue weighted by molar-refractivity contribution is 7.89. The number of benzene rings is 1. The second kappa shape index (κ2) is 5.22. The lowest BCUT2D eigenvalue weighted by Gasteiger charge is -2.15. The van der Waals surface area contributed by atoms with Gasteiger partial charge in [-0.15, -0.1) is 0 Å². The molecular formula is C12H13FN2O4S. The van der Waals surface area contributed by atoms with Gasteiger partial charge in [-0.25, -0.2) is 17.1 Å². The summed E-state index contributed by atoms with van der Waals surface area (Å²) in [5.74, 6) is -1.74. The fraction of sp³-hybridized carbons (Fsp3) is 0.250. The van der Waals surface area contributed by atoms with Crippen molar-refractivity contribution in [2.45, 2.75) is 11.3 Å². The van der Waals surface area contributed by atoms with Crippen LogP contribution in [0.2, 0.25) is 0 Å². The first-order valence-electron chi connectivity index (χ1n) is 5.78. The molecule has 0 bridgehead atoms. The number of fused-ring (bicyclic) bond motifs is 1. The SMILES string of the molecule is CN(CCC(=O)O)S(=O)(=O)c1c[nH]c2cccc(F)c12. The molecule has 1 heterocycles. The molecule has 0 atom stereocenters. The lowest BCUT2D eigenvalue weighted by molar-refractivity contribution is -0.137. The topological polar surface area (TPSA) is 90.5 Å². The van der Waals surface area contributed by atoms with Crippen molar-refractivity contribution >= 4 is 26.9 Å². The second-order valence-corrected chi connectivity index (χ2v) is 6.30. The van der Waals surface area contributed by atoms with E-state index in [1.54, 1.807) is 6.07 Å². The molecule has 108 valence electrons. The molecule has 0 saturated carbocycles. The van der Waals surface area contributed by atoms with Crippen LogP contribution in [-0.2, 0) is 14.8 Å². The maximum Gasteiger partial charge on any atom is 0.304 e. The molecule has 0 saturated heterocycles. The molecule has 1 aromatic carbocycles. The van der Waals surface area contributed by atoms with Gasteiger partial charge in [0.15, 0.2) is 0 Å². The highest BCUT2D eigenvalue weighted by atomic mass is 32.2. The fourth-order valence-electron chi connectivity index (χ4n) is 1.85. The number of halogens is 1. The molecule has 0 aliphatic heterocycles. The Bertz CT molecular complexity index is 754. The zero-order valence-electron chi connectivity index (χ0n) is 10.6. The average molecular weight is 300 g/mol. The van der Waals surface area contributed by atoms with E-state index in [4.69, 9.17) is 5.11 Å². The van der Waals surface area contributed by atoms with Gasteiger partial charge in [0, 0.05) is 25.3 Å². The maximum atomic E-state index is 13.8. The highest BCUT2D eigenvalue weighted by Gasteiger charge is 2.26. The summed E-state index contributed by atoms with van der Waals surface area (Å²) in [5, 5.41) is 8.57. The summed E-state index contributed by atoms with van der Waals surface area (Å²) in [6.07, 6.45) is 0.890. The first kappa shape index (κ1) is 14.5. The number of carboxylic acid groups (broad SMARTS) is 1. The number of aromatic amines is 1. The molecule has 0 aliphatic carbocycles. The highest BCUT2D eigenvalue weighted by Crippen LogP contribution is 2.27. The Morgan fingerprint density at radius 3 is 2.80 bits per heavy atom. The van der Waals surface area contributed by atoms with Crippen LogP contribution in [0.3, 0.4) is 0 Å². The lowest BCUT2D eigenvalue weighted by Crippen LogP contribution is -2.29. The van der Waals surface area contributed by atoms with E-state index in [-0.39, 0.29) is 23.2 Å². The minimum atomic E-state index is -3.94. The molecule has 0 spiro atoms. The van der Waals surface area contributed by atoms with E-state index in [9.17, 15) is 17.6 Å². The molecule has 0 unspecified atom stereocenters. The molecule has 0 radical (unpaired) electrons. The Hall–Kier alpha value is -1.93. The van der Waals surface area contributed by atoms with Crippen LogP contribution in [0.4, 0.5) is 4.39 Å². The van der Waals surface area contributed by atoms with Gasteiger partial charge in [-0.1, -0.05) is 6.07 Å². The number of aliphatic carboxylic acids is 1. The number of sulfonamides is 1. The van der Waals surface area contributed by atoms with Gasteiger partial charge in [-0.3, -0.25) is 4.79 Å². The van der Waals surface area contributed by atoms with E-state index in [1.807, 2.05) is 0 Å². The summed E-state index contributed by atoms with van der Waals surface area (Å²) < 4.78 is 39.3. The van der Waals surface area contributed by atoms with Gasteiger partial charge in [0.25, 0.3) is 0 Å². The molecule has 2 N–H and O–H groups in total. The Morgan fingerprint density at radius 1 is 1.45 bits per heavy atom. The van der Waals surface area contributed by atoms with E-state index >= 15 is 0 Å². The Kier molecular flexibility index (Phi) is 3.78. The normalized spacial score (nSPS) is 12.2. The zero-order valence-corrected chi connectivity index (χ0v) is 11.4. The lowest BCUT2D eigenvalue weighted by atomic mass is 10.2. The largest absolute Gasteiger partial charge is 0.481 e. The molecule has 1 aromatic heterocycles. The monoisotopic (exact) mass is 300 g/mol. The van der Waals surface area contributed by atoms with Crippen LogP contribution in [0.25, 0.3) is 10.9 Å². The van der Waals surface area contributed by atoms with Crippen molar-refractivity contribution in [3.8, 4) is 0 Å². The van der Waals surface area contributed by atoms with Crippen LogP contribution in [0.15, 0.2) is 29.3 Å². The summed E-state index contributed by atoms with van der Waals surface area (Å²) in [6, 6.07) is 4.21. The van der Waals surface area contributed by atoms with E-state index in [0.29, 0.717) is 5.52 Å². The summed E-state index contributed by atoms with van der Waals surface area (Å²) in [7, 11) is -2.68. The molecule has 6 nitrogen and oxygen atoms in total. The second-order valence-electron chi connectivity index (χ2n) is 4.29. The Balaban J connectivity index is 2.44. The molecule has 0 fully saturated rings. The van der Waals surface area contributed by atoms with Crippen LogP contribution in [-0.4, -0.2) is 42.4 Å². The van der Waals surface area contributed by atoms with Crippen molar-refractivity contribution < 1.29 is 22.7 Å². The quantitative estimate of drug-likeness (QED) is 0.873. The number of rotatable bonds is 5. The molecule has 0 amide bonds. The van der Waals surface area contributed by atoms with E-state index in [0.717, 1.165) is 4.31 Å². The van der Waals surface area contributed by atoms with Gasteiger partial charge in [-0.05, 0) is 12.1 Å². The third kappa shape index (κ3) is 2.52. The van der Waals surface area contributed by atoms with Gasteiger partial charge in [0.2, 0.25) is 10.0 Å². The molecule has 8 heteroatoms. The van der Waals surface area contributed by atoms with Crippen molar-refractivity contribution in [3.63, 3.8) is 0 Å². The van der Waals surface area contributed by atoms with Crippen molar-refractivity contribution in [3.05, 3.63) is 30.2 Å². The van der Waals surface area contributed by atoms with Gasteiger partial charge >= 0.3 is 5.97 Å².